The maximum absolute atomic E-state index is 13.0. The zero-order valence-electron chi connectivity index (χ0n) is 12.9. The number of imide groups is 1. The van der Waals surface area contributed by atoms with E-state index in [-0.39, 0.29) is 17.9 Å². The van der Waals surface area contributed by atoms with Crippen LogP contribution >= 0.6 is 11.6 Å². The van der Waals surface area contributed by atoms with Crippen molar-refractivity contribution in [1.82, 2.24) is 5.06 Å². The van der Waals surface area contributed by atoms with Crippen molar-refractivity contribution in [3.05, 3.63) is 65.2 Å². The minimum Gasteiger partial charge on any atom is -0.284 e. The van der Waals surface area contributed by atoms with Crippen LogP contribution in [0, 0.1) is 5.92 Å². The Morgan fingerprint density at radius 3 is 2.29 bits per heavy atom. The van der Waals surface area contributed by atoms with Crippen molar-refractivity contribution in [2.45, 2.75) is 12.1 Å². The molecular weight excluding hydrogens is 328 g/mol. The van der Waals surface area contributed by atoms with Crippen LogP contribution in [0.4, 0.5) is 5.69 Å². The fraction of sp³-hybridized carbons (Fsp3) is 0.222. The van der Waals surface area contributed by atoms with E-state index in [2.05, 4.69) is 0 Å². The molecule has 2 aliphatic heterocycles. The molecular formula is C18H15ClN2O3. The monoisotopic (exact) mass is 342 g/mol. The number of anilines is 1. The lowest BCUT2D eigenvalue weighted by atomic mass is 9.91. The molecule has 2 aromatic rings. The Bertz CT molecular complexity index is 794. The molecule has 122 valence electrons. The maximum Gasteiger partial charge on any atom is 0.265 e. The minimum absolute atomic E-state index is 0.236. The number of rotatable bonds is 2. The van der Waals surface area contributed by atoms with Gasteiger partial charge in [-0.15, -0.1) is 0 Å². The SMILES string of the molecule is CN1O[C@H]2C(=O)N(c3ccccc3)C(=O)[C@H]2[C@H]1c1ccc(Cl)cc1. The number of carbonyl (C=O) groups excluding carboxylic acids is 2. The van der Waals surface area contributed by atoms with Crippen LogP contribution in [0.2, 0.25) is 5.02 Å². The number of benzene rings is 2. The first kappa shape index (κ1) is 15.3. The fourth-order valence-electron chi connectivity index (χ4n) is 3.46. The number of nitrogens with zero attached hydrogens (tertiary/aromatic N) is 2. The van der Waals surface area contributed by atoms with Crippen molar-refractivity contribution in [2.75, 3.05) is 11.9 Å². The predicted octanol–water partition coefficient (Wildman–Crippen LogP) is 2.82. The van der Waals surface area contributed by atoms with E-state index in [9.17, 15) is 9.59 Å². The third kappa shape index (κ3) is 2.24. The summed E-state index contributed by atoms with van der Waals surface area (Å²) >= 11 is 5.95. The standard InChI is InChI=1S/C18H15ClN2O3/c1-20-15(11-7-9-12(19)10-8-11)14-16(24-20)18(23)21(17(14)22)13-5-3-2-4-6-13/h2-10,14-16H,1H3/t14-,15+,16+/m0/s1. The highest BCUT2D eigenvalue weighted by atomic mass is 35.5. The quantitative estimate of drug-likeness (QED) is 0.787. The zero-order chi connectivity index (χ0) is 16.8. The summed E-state index contributed by atoms with van der Waals surface area (Å²) in [7, 11) is 1.74. The van der Waals surface area contributed by atoms with Gasteiger partial charge in [0.15, 0.2) is 6.10 Å². The highest BCUT2D eigenvalue weighted by Crippen LogP contribution is 2.44. The number of fused-ring (bicyclic) bond motifs is 1. The van der Waals surface area contributed by atoms with Gasteiger partial charge < -0.3 is 0 Å². The normalized spacial score (nSPS) is 26.9. The number of para-hydroxylation sites is 1. The van der Waals surface area contributed by atoms with Crippen molar-refractivity contribution in [3.63, 3.8) is 0 Å². The van der Waals surface area contributed by atoms with E-state index in [0.29, 0.717) is 10.7 Å². The fourth-order valence-corrected chi connectivity index (χ4v) is 3.58. The highest BCUT2D eigenvalue weighted by molar-refractivity contribution is 6.30. The van der Waals surface area contributed by atoms with Gasteiger partial charge in [-0.1, -0.05) is 41.9 Å². The Hall–Kier alpha value is -2.21. The summed E-state index contributed by atoms with van der Waals surface area (Å²) in [5.41, 5.74) is 1.47. The summed E-state index contributed by atoms with van der Waals surface area (Å²) in [4.78, 5) is 32.6. The van der Waals surface area contributed by atoms with E-state index < -0.39 is 12.0 Å². The third-order valence-corrected chi connectivity index (χ3v) is 4.79. The Morgan fingerprint density at radius 2 is 1.62 bits per heavy atom. The number of hydroxylamine groups is 2. The highest BCUT2D eigenvalue weighted by Gasteiger charge is 2.59. The lowest BCUT2D eigenvalue weighted by molar-refractivity contribution is -0.160. The van der Waals surface area contributed by atoms with Crippen LogP contribution in [0.1, 0.15) is 11.6 Å². The van der Waals surface area contributed by atoms with E-state index in [0.717, 1.165) is 5.56 Å². The molecule has 3 atom stereocenters. The van der Waals surface area contributed by atoms with E-state index in [4.69, 9.17) is 16.4 Å². The molecule has 2 saturated heterocycles. The zero-order valence-corrected chi connectivity index (χ0v) is 13.7. The van der Waals surface area contributed by atoms with Gasteiger partial charge in [-0.25, -0.2) is 4.90 Å². The molecule has 2 amide bonds. The van der Waals surface area contributed by atoms with Crippen LogP contribution < -0.4 is 4.90 Å². The van der Waals surface area contributed by atoms with Gasteiger partial charge in [0.2, 0.25) is 5.91 Å². The van der Waals surface area contributed by atoms with Gasteiger partial charge in [0.25, 0.3) is 5.91 Å². The molecule has 0 radical (unpaired) electrons. The van der Waals surface area contributed by atoms with Crippen LogP contribution in [0.5, 0.6) is 0 Å². The topological polar surface area (TPSA) is 49.9 Å². The third-order valence-electron chi connectivity index (χ3n) is 4.53. The summed E-state index contributed by atoms with van der Waals surface area (Å²) < 4.78 is 0. The first-order valence-corrected chi connectivity index (χ1v) is 8.03. The Kier molecular flexibility index (Phi) is 3.64. The van der Waals surface area contributed by atoms with Crippen molar-refractivity contribution in [2.24, 2.45) is 5.92 Å². The van der Waals surface area contributed by atoms with E-state index in [1.54, 1.807) is 48.5 Å². The van der Waals surface area contributed by atoms with E-state index in [1.165, 1.54) is 4.90 Å². The number of hydrogen-bond donors (Lipinski definition) is 0. The average Bonchev–Trinajstić information content (AvgIpc) is 3.04. The van der Waals surface area contributed by atoms with Gasteiger partial charge in [0, 0.05) is 12.1 Å². The molecule has 5 nitrogen and oxygen atoms in total. The Morgan fingerprint density at radius 1 is 0.958 bits per heavy atom. The first-order chi connectivity index (χ1) is 11.6. The second-order valence-corrected chi connectivity index (χ2v) is 6.38. The molecule has 0 aliphatic carbocycles. The second-order valence-electron chi connectivity index (χ2n) is 5.94. The predicted molar refractivity (Wildman–Crippen MR) is 89.3 cm³/mol. The molecule has 24 heavy (non-hydrogen) atoms. The second kappa shape index (κ2) is 5.70. The molecule has 2 fully saturated rings. The molecule has 0 spiro atoms. The lowest BCUT2D eigenvalue weighted by Gasteiger charge is -2.24. The minimum atomic E-state index is -0.789. The van der Waals surface area contributed by atoms with Crippen molar-refractivity contribution < 1.29 is 14.4 Å². The molecule has 0 N–H and O–H groups in total. The van der Waals surface area contributed by atoms with Crippen molar-refractivity contribution >= 4 is 29.1 Å². The summed E-state index contributed by atoms with van der Waals surface area (Å²) in [6.07, 6.45) is -0.789. The van der Waals surface area contributed by atoms with Crippen LogP contribution in [0.25, 0.3) is 0 Å². The van der Waals surface area contributed by atoms with Gasteiger partial charge in [-0.05, 0) is 29.8 Å². The maximum atomic E-state index is 13.0. The van der Waals surface area contributed by atoms with Crippen molar-refractivity contribution in [1.29, 1.82) is 0 Å². The molecule has 0 aromatic heterocycles. The number of carbonyl (C=O) groups is 2. The van der Waals surface area contributed by atoms with Crippen molar-refractivity contribution in [3.8, 4) is 0 Å². The molecule has 2 aliphatic rings. The largest absolute Gasteiger partial charge is 0.284 e. The van der Waals surface area contributed by atoms with Crippen LogP contribution in [0.15, 0.2) is 54.6 Å². The molecule has 6 heteroatoms. The summed E-state index contributed by atoms with van der Waals surface area (Å²) in [5, 5.41) is 2.22. The smallest absolute Gasteiger partial charge is 0.265 e. The lowest BCUT2D eigenvalue weighted by Crippen LogP contribution is -2.36. The van der Waals surface area contributed by atoms with E-state index in [1.807, 2.05) is 18.2 Å². The number of halogens is 1. The molecule has 0 saturated carbocycles. The van der Waals surface area contributed by atoms with Gasteiger partial charge >= 0.3 is 0 Å². The molecule has 0 bridgehead atoms. The summed E-state index contributed by atoms with van der Waals surface area (Å²) in [6, 6.07) is 15.9. The number of hydrogen-bond acceptors (Lipinski definition) is 4. The molecule has 0 unspecified atom stereocenters. The van der Waals surface area contributed by atoms with Gasteiger partial charge in [0.1, 0.15) is 0 Å². The molecule has 2 heterocycles. The molecule has 4 rings (SSSR count). The van der Waals surface area contributed by atoms with E-state index >= 15 is 0 Å². The van der Waals surface area contributed by atoms with Crippen LogP contribution in [-0.2, 0) is 14.4 Å². The summed E-state index contributed by atoms with van der Waals surface area (Å²) in [6.45, 7) is 0. The van der Waals surface area contributed by atoms with Crippen LogP contribution in [0.3, 0.4) is 0 Å². The van der Waals surface area contributed by atoms with Gasteiger partial charge in [-0.3, -0.25) is 14.4 Å². The number of amides is 2. The average molecular weight is 343 g/mol. The Balaban J connectivity index is 1.72. The van der Waals surface area contributed by atoms with Crippen LogP contribution in [-0.4, -0.2) is 30.0 Å². The van der Waals surface area contributed by atoms with Gasteiger partial charge in [-0.2, -0.15) is 5.06 Å². The Labute approximate surface area is 144 Å². The molecule has 2 aromatic carbocycles. The van der Waals surface area contributed by atoms with Gasteiger partial charge in [0.05, 0.1) is 17.6 Å². The summed E-state index contributed by atoms with van der Waals surface area (Å²) in [5.74, 6) is -1.12. The first-order valence-electron chi connectivity index (χ1n) is 7.66.